The van der Waals surface area contributed by atoms with Crippen LogP contribution in [-0.2, 0) is 11.3 Å². The highest BCUT2D eigenvalue weighted by Crippen LogP contribution is 2.44. The Balaban J connectivity index is 1.51. The zero-order valence-electron chi connectivity index (χ0n) is 14.8. The average molecular weight is 381 g/mol. The summed E-state index contributed by atoms with van der Waals surface area (Å²) in [4.78, 5) is 12.2. The van der Waals surface area contributed by atoms with Gasteiger partial charge in [0.1, 0.15) is 6.61 Å². The third kappa shape index (κ3) is 3.12. The van der Waals surface area contributed by atoms with E-state index in [1.807, 2.05) is 48.5 Å². The van der Waals surface area contributed by atoms with E-state index in [4.69, 9.17) is 4.74 Å². The molecule has 0 unspecified atom stereocenters. The maximum absolute atomic E-state index is 13.7. The average Bonchev–Trinajstić information content (AvgIpc) is 3.03. The Hall–Kier alpha value is -3.25. The molecule has 1 aliphatic carbocycles. The number of nitrogens with one attached hydrogen (secondary N) is 1. The van der Waals surface area contributed by atoms with Crippen LogP contribution in [0.15, 0.2) is 60.7 Å². The molecule has 142 valence electrons. The summed E-state index contributed by atoms with van der Waals surface area (Å²) in [6, 6.07) is 17.9. The first kappa shape index (κ1) is 18.1. The van der Waals surface area contributed by atoms with E-state index in [2.05, 4.69) is 5.32 Å². The van der Waals surface area contributed by atoms with Crippen molar-refractivity contribution in [1.82, 2.24) is 0 Å². The zero-order chi connectivity index (χ0) is 19.7. The van der Waals surface area contributed by atoms with Gasteiger partial charge < -0.3 is 9.84 Å². The summed E-state index contributed by atoms with van der Waals surface area (Å²) in [5, 5.41) is 11.6. The van der Waals surface area contributed by atoms with Crippen LogP contribution in [0.3, 0.4) is 0 Å². The molecule has 0 aliphatic heterocycles. The summed E-state index contributed by atoms with van der Waals surface area (Å²) in [7, 11) is 0. The Morgan fingerprint density at radius 2 is 1.57 bits per heavy atom. The number of amides is 1. The van der Waals surface area contributed by atoms with Gasteiger partial charge >= 0.3 is 6.09 Å². The highest BCUT2D eigenvalue weighted by atomic mass is 19.2. The fourth-order valence-electron chi connectivity index (χ4n) is 3.61. The Bertz CT molecular complexity index is 1010. The van der Waals surface area contributed by atoms with Crippen molar-refractivity contribution in [2.24, 2.45) is 0 Å². The molecular weight excluding hydrogens is 364 g/mol. The molecule has 0 spiro atoms. The second kappa shape index (κ2) is 7.40. The minimum Gasteiger partial charge on any atom is -0.448 e. The van der Waals surface area contributed by atoms with E-state index in [0.717, 1.165) is 28.3 Å². The standard InChI is InChI=1S/C22H17F2NO3/c23-19-9-10-20(17(11-26)21(19)24)25-22(27)28-12-18-15-7-3-1-5-13(15)14-6-2-4-8-16(14)18/h1-10,18,26H,11-12H2,(H,25,27). The summed E-state index contributed by atoms with van der Waals surface area (Å²) in [6.45, 7) is -0.652. The molecule has 0 bridgehead atoms. The molecule has 0 fully saturated rings. The molecule has 4 rings (SSSR count). The number of ether oxygens (including phenoxy) is 1. The molecule has 1 amide bonds. The number of hydrogen-bond acceptors (Lipinski definition) is 3. The van der Waals surface area contributed by atoms with Gasteiger partial charge in [-0.2, -0.15) is 0 Å². The first-order valence-corrected chi connectivity index (χ1v) is 8.80. The number of carbonyl (C=O) groups is 1. The molecule has 3 aromatic rings. The van der Waals surface area contributed by atoms with Gasteiger partial charge in [-0.1, -0.05) is 48.5 Å². The number of benzene rings is 3. The molecule has 0 radical (unpaired) electrons. The molecule has 0 saturated carbocycles. The molecule has 4 nitrogen and oxygen atoms in total. The van der Waals surface area contributed by atoms with Gasteiger partial charge in [0.25, 0.3) is 0 Å². The first-order valence-electron chi connectivity index (χ1n) is 8.80. The summed E-state index contributed by atoms with van der Waals surface area (Å²) in [5.41, 5.74) is 4.00. The van der Waals surface area contributed by atoms with Gasteiger partial charge in [-0.25, -0.2) is 13.6 Å². The monoisotopic (exact) mass is 381 g/mol. The van der Waals surface area contributed by atoms with Gasteiger partial charge in [0.05, 0.1) is 12.3 Å². The van der Waals surface area contributed by atoms with E-state index >= 15 is 0 Å². The second-order valence-electron chi connectivity index (χ2n) is 6.50. The largest absolute Gasteiger partial charge is 0.448 e. The molecule has 6 heteroatoms. The van der Waals surface area contributed by atoms with Crippen LogP contribution in [-0.4, -0.2) is 17.8 Å². The topological polar surface area (TPSA) is 58.6 Å². The highest BCUT2D eigenvalue weighted by molar-refractivity contribution is 5.86. The van der Waals surface area contributed by atoms with E-state index in [9.17, 15) is 18.7 Å². The van der Waals surface area contributed by atoms with Crippen molar-refractivity contribution in [3.63, 3.8) is 0 Å². The van der Waals surface area contributed by atoms with Gasteiger partial charge in [0, 0.05) is 11.5 Å². The number of aliphatic hydroxyl groups excluding tert-OH is 1. The van der Waals surface area contributed by atoms with Crippen molar-refractivity contribution >= 4 is 11.8 Å². The van der Waals surface area contributed by atoms with E-state index in [1.54, 1.807) is 0 Å². The first-order chi connectivity index (χ1) is 13.6. The van der Waals surface area contributed by atoms with Crippen LogP contribution < -0.4 is 5.32 Å². The van der Waals surface area contributed by atoms with Crippen molar-refractivity contribution in [3.8, 4) is 11.1 Å². The third-order valence-corrected chi connectivity index (χ3v) is 4.93. The quantitative estimate of drug-likeness (QED) is 0.681. The van der Waals surface area contributed by atoms with Crippen LogP contribution in [0, 0.1) is 11.6 Å². The van der Waals surface area contributed by atoms with Crippen LogP contribution in [0.2, 0.25) is 0 Å². The number of carbonyl (C=O) groups excluding carboxylic acids is 1. The summed E-state index contributed by atoms with van der Waals surface area (Å²) < 4.78 is 32.4. The number of rotatable bonds is 4. The molecule has 0 saturated heterocycles. The van der Waals surface area contributed by atoms with Crippen LogP contribution in [0.5, 0.6) is 0 Å². The lowest BCUT2D eigenvalue weighted by molar-refractivity contribution is 0.158. The van der Waals surface area contributed by atoms with Crippen molar-refractivity contribution < 1.29 is 23.4 Å². The molecule has 1 aliphatic rings. The number of anilines is 1. The maximum Gasteiger partial charge on any atom is 0.411 e. The minimum atomic E-state index is -1.20. The molecule has 28 heavy (non-hydrogen) atoms. The van der Waals surface area contributed by atoms with Gasteiger partial charge in [-0.15, -0.1) is 0 Å². The number of fused-ring (bicyclic) bond motifs is 3. The van der Waals surface area contributed by atoms with Crippen molar-refractivity contribution in [2.45, 2.75) is 12.5 Å². The van der Waals surface area contributed by atoms with Gasteiger partial charge in [-0.3, -0.25) is 5.32 Å². The fourth-order valence-corrected chi connectivity index (χ4v) is 3.61. The van der Waals surface area contributed by atoms with Gasteiger partial charge in [-0.05, 0) is 34.4 Å². The molecule has 0 aromatic heterocycles. The van der Waals surface area contributed by atoms with E-state index in [1.165, 1.54) is 6.07 Å². The smallest absolute Gasteiger partial charge is 0.411 e. The molecule has 0 atom stereocenters. The van der Waals surface area contributed by atoms with E-state index in [-0.39, 0.29) is 23.8 Å². The Kier molecular flexibility index (Phi) is 4.79. The normalized spacial score (nSPS) is 12.4. The maximum atomic E-state index is 13.7. The van der Waals surface area contributed by atoms with Crippen molar-refractivity contribution in [2.75, 3.05) is 11.9 Å². The zero-order valence-corrected chi connectivity index (χ0v) is 14.8. The Morgan fingerprint density at radius 3 is 2.18 bits per heavy atom. The van der Waals surface area contributed by atoms with Gasteiger partial charge in [0.2, 0.25) is 0 Å². The number of halogens is 2. The van der Waals surface area contributed by atoms with Gasteiger partial charge in [0.15, 0.2) is 11.6 Å². The second-order valence-corrected chi connectivity index (χ2v) is 6.50. The summed E-state index contributed by atoms with van der Waals surface area (Å²) >= 11 is 0. The van der Waals surface area contributed by atoms with E-state index in [0.29, 0.717) is 0 Å². The summed E-state index contributed by atoms with van der Waals surface area (Å²) in [5.74, 6) is -2.40. The lowest BCUT2D eigenvalue weighted by Crippen LogP contribution is -2.19. The van der Waals surface area contributed by atoms with E-state index < -0.39 is 24.3 Å². The molecule has 2 N–H and O–H groups in total. The van der Waals surface area contributed by atoms with Crippen molar-refractivity contribution in [1.29, 1.82) is 0 Å². The predicted octanol–water partition coefficient (Wildman–Crippen LogP) is 4.82. The molecule has 0 heterocycles. The fraction of sp³-hybridized carbons (Fsp3) is 0.136. The van der Waals surface area contributed by atoms with Crippen LogP contribution in [0.4, 0.5) is 19.3 Å². The van der Waals surface area contributed by atoms with Crippen LogP contribution >= 0.6 is 0 Å². The Morgan fingerprint density at radius 1 is 0.964 bits per heavy atom. The summed E-state index contributed by atoms with van der Waals surface area (Å²) in [6.07, 6.45) is -0.803. The molecular formula is C22H17F2NO3. The minimum absolute atomic E-state index is 0.0291. The Labute approximate surface area is 160 Å². The number of aliphatic hydroxyl groups is 1. The van der Waals surface area contributed by atoms with Crippen LogP contribution in [0.25, 0.3) is 11.1 Å². The number of hydrogen-bond donors (Lipinski definition) is 2. The highest BCUT2D eigenvalue weighted by Gasteiger charge is 2.29. The lowest BCUT2D eigenvalue weighted by Gasteiger charge is -2.15. The van der Waals surface area contributed by atoms with Crippen molar-refractivity contribution in [3.05, 3.63) is 89.0 Å². The lowest BCUT2D eigenvalue weighted by atomic mass is 9.98. The third-order valence-electron chi connectivity index (χ3n) is 4.93. The SMILES string of the molecule is O=C(Nc1ccc(F)c(F)c1CO)OCC1c2ccccc2-c2ccccc21. The molecule has 3 aromatic carbocycles. The van der Waals surface area contributed by atoms with Crippen LogP contribution in [0.1, 0.15) is 22.6 Å². The predicted molar refractivity (Wildman–Crippen MR) is 101 cm³/mol.